The highest BCUT2D eigenvalue weighted by Gasteiger charge is 2.42. The molecule has 3 N–H and O–H groups in total. The van der Waals surface area contributed by atoms with Crippen molar-refractivity contribution in [3.63, 3.8) is 0 Å². The zero-order valence-electron chi connectivity index (χ0n) is 24.2. The van der Waals surface area contributed by atoms with Crippen molar-refractivity contribution in [3.8, 4) is 11.6 Å². The van der Waals surface area contributed by atoms with Gasteiger partial charge in [0.25, 0.3) is 5.91 Å². The number of carbonyl (C=O) groups excluding carboxylic acids is 2. The van der Waals surface area contributed by atoms with Crippen LogP contribution in [0.2, 0.25) is 0 Å². The molecular weight excluding hydrogens is 544 g/mol. The lowest BCUT2D eigenvalue weighted by atomic mass is 9.85. The summed E-state index contributed by atoms with van der Waals surface area (Å²) < 4.78 is 8.05. The molecule has 2 fully saturated rings. The van der Waals surface area contributed by atoms with E-state index in [1.54, 1.807) is 30.5 Å². The van der Waals surface area contributed by atoms with Crippen LogP contribution in [0.4, 0.5) is 5.69 Å². The van der Waals surface area contributed by atoms with Crippen molar-refractivity contribution in [2.75, 3.05) is 5.32 Å². The Morgan fingerprint density at radius 1 is 1.02 bits per heavy atom. The third kappa shape index (κ3) is 5.84. The molecule has 0 saturated heterocycles. The summed E-state index contributed by atoms with van der Waals surface area (Å²) in [5.74, 6) is 0.374. The van der Waals surface area contributed by atoms with Gasteiger partial charge in [0.1, 0.15) is 5.54 Å². The van der Waals surface area contributed by atoms with Gasteiger partial charge in [-0.05, 0) is 85.7 Å². The molecule has 2 atom stereocenters. The number of amides is 2. The molecule has 0 aliphatic heterocycles. The molecule has 4 aromatic rings. The minimum absolute atomic E-state index is 0.260. The lowest BCUT2D eigenvalue weighted by Crippen LogP contribution is -2.55. The van der Waals surface area contributed by atoms with Crippen LogP contribution in [0.15, 0.2) is 71.4 Å². The summed E-state index contributed by atoms with van der Waals surface area (Å²) in [7, 11) is 0. The zero-order valence-corrected chi connectivity index (χ0v) is 24.2. The van der Waals surface area contributed by atoms with Gasteiger partial charge in [-0.25, -0.2) is 9.78 Å². The monoisotopic (exact) mass is 580 g/mol. The number of hydrogen-bond donors (Lipinski definition) is 3. The van der Waals surface area contributed by atoms with Crippen molar-refractivity contribution in [1.82, 2.24) is 14.9 Å². The Labute approximate surface area is 250 Å². The molecule has 2 aliphatic rings. The van der Waals surface area contributed by atoms with E-state index in [-0.39, 0.29) is 11.8 Å². The lowest BCUT2D eigenvalue weighted by molar-refractivity contribution is -0.131. The fraction of sp³-hybridized carbons (Fsp3) is 0.353. The largest absolute Gasteiger partial charge is 0.478 e. The smallest absolute Gasteiger partial charge is 0.328 e. The van der Waals surface area contributed by atoms with Gasteiger partial charge in [-0.3, -0.25) is 9.59 Å². The molecule has 9 heteroatoms. The van der Waals surface area contributed by atoms with Crippen LogP contribution >= 0.6 is 0 Å². The van der Waals surface area contributed by atoms with Crippen molar-refractivity contribution in [1.29, 1.82) is 0 Å². The molecule has 0 bridgehead atoms. The highest BCUT2D eigenvalue weighted by molar-refractivity contribution is 6.05. The van der Waals surface area contributed by atoms with E-state index >= 15 is 0 Å². The second-order valence-corrected chi connectivity index (χ2v) is 11.8. The number of carboxylic acid groups (broad SMARTS) is 1. The molecule has 0 unspecified atom stereocenters. The van der Waals surface area contributed by atoms with Gasteiger partial charge in [0, 0.05) is 23.4 Å². The summed E-state index contributed by atoms with van der Waals surface area (Å²) in [6, 6.07) is 16.6. The Balaban J connectivity index is 1.25. The van der Waals surface area contributed by atoms with Gasteiger partial charge in [-0.2, -0.15) is 0 Å². The second-order valence-electron chi connectivity index (χ2n) is 11.8. The molecule has 222 valence electrons. The van der Waals surface area contributed by atoms with Gasteiger partial charge in [0.2, 0.25) is 5.91 Å². The number of imidazole rings is 1. The lowest BCUT2D eigenvalue weighted by Gasteiger charge is -2.31. The minimum atomic E-state index is -1.03. The SMILES string of the molecule is C[C@@H]1CCCC[C@H]1n1c(-c2ccco2)nc2cc(C(=O)NC3(C(=O)Nc4ccc(/C=C/C(=O)O)cc4)CCCC3)ccc21. The van der Waals surface area contributed by atoms with Crippen molar-refractivity contribution in [2.24, 2.45) is 5.92 Å². The summed E-state index contributed by atoms with van der Waals surface area (Å²) >= 11 is 0. The molecule has 2 amide bonds. The molecule has 43 heavy (non-hydrogen) atoms. The summed E-state index contributed by atoms with van der Waals surface area (Å²) in [5, 5.41) is 14.9. The number of carboxylic acids is 1. The van der Waals surface area contributed by atoms with Crippen LogP contribution in [-0.2, 0) is 9.59 Å². The Bertz CT molecular complexity index is 1660. The number of anilines is 1. The molecule has 0 radical (unpaired) electrons. The molecule has 2 aromatic carbocycles. The molecular formula is C34H36N4O5. The van der Waals surface area contributed by atoms with Crippen LogP contribution < -0.4 is 10.6 Å². The summed E-state index contributed by atoms with van der Waals surface area (Å²) in [6.45, 7) is 2.29. The normalized spacial score (nSPS) is 19.9. The first-order valence-electron chi connectivity index (χ1n) is 15.0. The summed E-state index contributed by atoms with van der Waals surface area (Å²) in [6.07, 6.45) is 11.6. The fourth-order valence-corrected chi connectivity index (χ4v) is 6.61. The first kappa shape index (κ1) is 28.5. The highest BCUT2D eigenvalue weighted by atomic mass is 16.4. The third-order valence-corrected chi connectivity index (χ3v) is 8.92. The van der Waals surface area contributed by atoms with E-state index in [4.69, 9.17) is 14.5 Å². The van der Waals surface area contributed by atoms with Crippen LogP contribution in [-0.4, -0.2) is 38.0 Å². The zero-order chi connectivity index (χ0) is 30.0. The van der Waals surface area contributed by atoms with Gasteiger partial charge < -0.3 is 24.7 Å². The molecule has 2 saturated carbocycles. The van der Waals surface area contributed by atoms with Crippen LogP contribution in [0, 0.1) is 5.92 Å². The predicted molar refractivity (Wildman–Crippen MR) is 165 cm³/mol. The van der Waals surface area contributed by atoms with Gasteiger partial charge in [-0.15, -0.1) is 0 Å². The number of carbonyl (C=O) groups is 3. The maximum Gasteiger partial charge on any atom is 0.328 e. The number of fused-ring (bicyclic) bond motifs is 1. The number of aromatic nitrogens is 2. The van der Waals surface area contributed by atoms with Crippen LogP contribution in [0.5, 0.6) is 0 Å². The summed E-state index contributed by atoms with van der Waals surface area (Å²) in [4.78, 5) is 42.9. The van der Waals surface area contributed by atoms with E-state index < -0.39 is 11.5 Å². The molecule has 0 spiro atoms. The predicted octanol–water partition coefficient (Wildman–Crippen LogP) is 6.83. The first-order chi connectivity index (χ1) is 20.8. The molecule has 9 nitrogen and oxygen atoms in total. The Morgan fingerprint density at radius 2 is 1.79 bits per heavy atom. The Kier molecular flexibility index (Phi) is 7.88. The number of rotatable bonds is 8. The van der Waals surface area contributed by atoms with E-state index in [0.717, 1.165) is 42.2 Å². The number of aliphatic carboxylic acids is 1. The average Bonchev–Trinajstić information content (AvgIpc) is 3.77. The number of hydrogen-bond acceptors (Lipinski definition) is 5. The van der Waals surface area contributed by atoms with Crippen molar-refractivity contribution >= 4 is 40.6 Å². The molecule has 2 aromatic heterocycles. The number of nitrogens with zero attached hydrogens (tertiary/aromatic N) is 2. The van der Waals surface area contributed by atoms with E-state index in [0.29, 0.717) is 47.4 Å². The minimum Gasteiger partial charge on any atom is -0.478 e. The van der Waals surface area contributed by atoms with Gasteiger partial charge in [-0.1, -0.05) is 44.7 Å². The maximum absolute atomic E-state index is 13.7. The fourth-order valence-electron chi connectivity index (χ4n) is 6.61. The van der Waals surface area contributed by atoms with E-state index in [9.17, 15) is 14.4 Å². The van der Waals surface area contributed by atoms with E-state index in [2.05, 4.69) is 22.1 Å². The third-order valence-electron chi connectivity index (χ3n) is 8.92. The van der Waals surface area contributed by atoms with Crippen molar-refractivity contribution in [2.45, 2.75) is 69.9 Å². The van der Waals surface area contributed by atoms with E-state index in [1.807, 2.05) is 30.3 Å². The van der Waals surface area contributed by atoms with Gasteiger partial charge >= 0.3 is 5.97 Å². The Hall–Kier alpha value is -4.66. The van der Waals surface area contributed by atoms with Crippen molar-refractivity contribution in [3.05, 3.63) is 78.1 Å². The topological polar surface area (TPSA) is 126 Å². The second kappa shape index (κ2) is 11.9. The quantitative estimate of drug-likeness (QED) is 0.196. The number of benzene rings is 2. The standard InChI is InChI=1S/C34H36N4O5/c1-22-7-2-3-8-27(22)38-28-16-13-24(21-26(28)36-31(38)29-9-6-20-43-29)32(41)37-34(18-4-5-19-34)33(42)35-25-14-10-23(11-15-25)12-17-30(39)40/h6,9-17,20-22,27H,2-5,7-8,18-19H2,1H3,(H,35,42)(H,37,41)(H,39,40)/b17-12+/t22-,27-/m1/s1. The van der Waals surface area contributed by atoms with Crippen LogP contribution in [0.3, 0.4) is 0 Å². The number of nitrogens with one attached hydrogen (secondary N) is 2. The van der Waals surface area contributed by atoms with E-state index in [1.165, 1.54) is 25.3 Å². The van der Waals surface area contributed by atoms with Gasteiger partial charge in [0.15, 0.2) is 11.6 Å². The van der Waals surface area contributed by atoms with Gasteiger partial charge in [0.05, 0.1) is 17.3 Å². The molecule has 6 rings (SSSR count). The van der Waals surface area contributed by atoms with Crippen LogP contribution in [0.25, 0.3) is 28.7 Å². The van der Waals surface area contributed by atoms with Crippen LogP contribution in [0.1, 0.15) is 80.3 Å². The maximum atomic E-state index is 13.7. The molecule has 2 heterocycles. The molecule has 2 aliphatic carbocycles. The number of furan rings is 1. The average molecular weight is 581 g/mol. The van der Waals surface area contributed by atoms with Crippen molar-refractivity contribution < 1.29 is 23.9 Å². The highest BCUT2D eigenvalue weighted by Crippen LogP contribution is 2.39. The summed E-state index contributed by atoms with van der Waals surface area (Å²) in [5.41, 5.74) is 2.40. The Morgan fingerprint density at radius 3 is 2.49 bits per heavy atom. The first-order valence-corrected chi connectivity index (χ1v) is 15.0.